The summed E-state index contributed by atoms with van der Waals surface area (Å²) in [5, 5.41) is 0. The zero-order valence-electron chi connectivity index (χ0n) is 16.3. The van der Waals surface area contributed by atoms with Gasteiger partial charge in [0.05, 0.1) is 4.32 Å². The highest BCUT2D eigenvalue weighted by Crippen LogP contribution is 2.70. The highest BCUT2D eigenvalue weighted by atomic mass is 79.9. The second-order valence-corrected chi connectivity index (χ2v) is 10.5. The van der Waals surface area contributed by atoms with Crippen LogP contribution in [-0.2, 0) is 14.3 Å². The van der Waals surface area contributed by atoms with E-state index in [9.17, 15) is 9.59 Å². The van der Waals surface area contributed by atoms with Crippen molar-refractivity contribution in [2.45, 2.75) is 75.9 Å². The van der Waals surface area contributed by atoms with E-state index in [-0.39, 0.29) is 29.2 Å². The fraction of sp³-hybridized carbons (Fsp3) is 0.727. The molecular weight excluding hydrogens is 411 g/mol. The van der Waals surface area contributed by atoms with Gasteiger partial charge >= 0.3 is 5.97 Å². The molecule has 5 heteroatoms. The third-order valence-electron chi connectivity index (χ3n) is 8.07. The number of alkyl halides is 2. The second-order valence-electron chi connectivity index (χ2n) is 9.21. The van der Waals surface area contributed by atoms with Gasteiger partial charge in [-0.15, -0.1) is 0 Å². The molecule has 0 aromatic rings. The van der Waals surface area contributed by atoms with Crippen LogP contribution in [0.3, 0.4) is 0 Å². The van der Waals surface area contributed by atoms with Gasteiger partial charge in [0.2, 0.25) is 0 Å². The summed E-state index contributed by atoms with van der Waals surface area (Å²) in [6, 6.07) is 0. The van der Waals surface area contributed by atoms with Gasteiger partial charge < -0.3 is 4.74 Å². The first-order valence-corrected chi connectivity index (χ1v) is 10.9. The van der Waals surface area contributed by atoms with Gasteiger partial charge in [-0.05, 0) is 56.1 Å². The summed E-state index contributed by atoms with van der Waals surface area (Å²) < 4.78 is 21.0. The number of ether oxygens (including phenoxy) is 1. The Labute approximate surface area is 168 Å². The summed E-state index contributed by atoms with van der Waals surface area (Å²) in [7, 11) is 0. The van der Waals surface area contributed by atoms with E-state index in [1.54, 1.807) is 19.1 Å². The van der Waals surface area contributed by atoms with Gasteiger partial charge in [-0.3, -0.25) is 9.59 Å². The molecule has 0 aliphatic heterocycles. The van der Waals surface area contributed by atoms with Crippen LogP contribution in [-0.4, -0.2) is 28.4 Å². The number of fused-ring (bicyclic) bond motifs is 5. The average molecular weight is 439 g/mol. The number of allylic oxidation sites excluding steroid dienone is 4. The van der Waals surface area contributed by atoms with Crippen molar-refractivity contribution >= 4 is 27.7 Å². The zero-order chi connectivity index (χ0) is 19.6. The molecule has 0 amide bonds. The number of ketones is 1. The van der Waals surface area contributed by atoms with Gasteiger partial charge in [-0.1, -0.05) is 48.4 Å². The van der Waals surface area contributed by atoms with Crippen LogP contribution in [0, 0.1) is 22.7 Å². The number of hydrogen-bond donors (Lipinski definition) is 0. The molecule has 0 aromatic carbocycles. The predicted molar refractivity (Wildman–Crippen MR) is 105 cm³/mol. The number of carbonyl (C=O) groups excluding carboxylic acids is 2. The van der Waals surface area contributed by atoms with Crippen LogP contribution in [0.2, 0.25) is 0 Å². The van der Waals surface area contributed by atoms with Crippen LogP contribution in [0.1, 0.15) is 59.3 Å². The Morgan fingerprint density at radius 2 is 2.04 bits per heavy atom. The third-order valence-corrected chi connectivity index (χ3v) is 9.98. The molecule has 3 fully saturated rings. The Balaban J connectivity index is 1.72. The van der Waals surface area contributed by atoms with Crippen LogP contribution in [0.25, 0.3) is 0 Å². The summed E-state index contributed by atoms with van der Waals surface area (Å²) in [6.07, 6.45) is 8.15. The molecule has 0 N–H and O–H groups in total. The number of rotatable bonds is 2. The summed E-state index contributed by atoms with van der Waals surface area (Å²) in [4.78, 5) is 23.8. The average Bonchev–Trinajstić information content (AvgIpc) is 2.93. The molecule has 27 heavy (non-hydrogen) atoms. The molecule has 0 spiro atoms. The van der Waals surface area contributed by atoms with E-state index >= 15 is 4.39 Å². The van der Waals surface area contributed by atoms with Crippen molar-refractivity contribution in [2.75, 3.05) is 0 Å². The number of halogens is 2. The SMILES string of the molecule is CCC(=O)O[C@@H]1CC[C@H]2[C@@H]3CCC4=CC(=O)C=C[C@]4(C)[C@@]3(Br)[C@H](F)C[C@]12C. The molecule has 3 saturated carbocycles. The highest BCUT2D eigenvalue weighted by Gasteiger charge is 2.69. The number of esters is 1. The molecule has 0 aromatic heterocycles. The molecule has 148 valence electrons. The first-order chi connectivity index (χ1) is 12.7. The first kappa shape index (κ1) is 19.4. The van der Waals surface area contributed by atoms with E-state index in [1.807, 2.05) is 6.08 Å². The Bertz CT molecular complexity index is 746. The van der Waals surface area contributed by atoms with Crippen molar-refractivity contribution in [2.24, 2.45) is 22.7 Å². The van der Waals surface area contributed by atoms with Gasteiger partial charge in [-0.2, -0.15) is 0 Å². The van der Waals surface area contributed by atoms with Gasteiger partial charge in [0.25, 0.3) is 0 Å². The molecule has 4 rings (SSSR count). The maximum absolute atomic E-state index is 16.0. The van der Waals surface area contributed by atoms with E-state index < -0.39 is 15.9 Å². The monoisotopic (exact) mass is 438 g/mol. The van der Waals surface area contributed by atoms with Crippen molar-refractivity contribution in [3.05, 3.63) is 23.8 Å². The molecular formula is C22H28BrFO3. The lowest BCUT2D eigenvalue weighted by molar-refractivity contribution is -0.160. The predicted octanol–water partition coefficient (Wildman–Crippen LogP) is 5.08. The molecule has 4 aliphatic carbocycles. The van der Waals surface area contributed by atoms with Crippen molar-refractivity contribution in [1.29, 1.82) is 0 Å². The lowest BCUT2D eigenvalue weighted by atomic mass is 9.47. The fourth-order valence-electron chi connectivity index (χ4n) is 6.53. The van der Waals surface area contributed by atoms with Gasteiger partial charge in [0, 0.05) is 17.3 Å². The van der Waals surface area contributed by atoms with Crippen molar-refractivity contribution < 1.29 is 18.7 Å². The molecule has 7 atom stereocenters. The topological polar surface area (TPSA) is 43.4 Å². The Morgan fingerprint density at radius 3 is 2.74 bits per heavy atom. The molecule has 0 heterocycles. The van der Waals surface area contributed by atoms with Gasteiger partial charge in [0.1, 0.15) is 12.3 Å². The lowest BCUT2D eigenvalue weighted by Crippen LogP contribution is -2.65. The zero-order valence-corrected chi connectivity index (χ0v) is 17.9. The Kier molecular flexibility index (Phi) is 4.49. The van der Waals surface area contributed by atoms with Crippen molar-refractivity contribution in [3.63, 3.8) is 0 Å². The van der Waals surface area contributed by atoms with Crippen LogP contribution < -0.4 is 0 Å². The summed E-state index contributed by atoms with van der Waals surface area (Å²) in [5.74, 6) is 0.266. The van der Waals surface area contributed by atoms with E-state index in [0.717, 1.165) is 31.3 Å². The quantitative estimate of drug-likeness (QED) is 0.445. The first-order valence-electron chi connectivity index (χ1n) is 10.1. The largest absolute Gasteiger partial charge is 0.462 e. The van der Waals surface area contributed by atoms with Crippen LogP contribution >= 0.6 is 15.9 Å². The normalized spacial score (nSPS) is 48.3. The highest BCUT2D eigenvalue weighted by molar-refractivity contribution is 9.10. The molecule has 0 radical (unpaired) electrons. The Morgan fingerprint density at radius 1 is 1.30 bits per heavy atom. The minimum atomic E-state index is -1.07. The smallest absolute Gasteiger partial charge is 0.305 e. The van der Waals surface area contributed by atoms with E-state index in [2.05, 4.69) is 29.8 Å². The molecule has 0 unspecified atom stereocenters. The van der Waals surface area contributed by atoms with Crippen molar-refractivity contribution in [3.8, 4) is 0 Å². The van der Waals surface area contributed by atoms with Gasteiger partial charge in [0.15, 0.2) is 5.78 Å². The standard InChI is InChI=1S/C22H28BrFO3/c1-4-19(26)27-18-8-7-15-16-6-5-13-11-14(25)9-10-21(13,3)22(16,23)17(24)12-20(15,18)2/h9-11,15-18H,4-8,12H2,1-3H3/t15-,16-,17+,18+,20-,21-,22-/m0/s1. The minimum Gasteiger partial charge on any atom is -0.462 e. The summed E-state index contributed by atoms with van der Waals surface area (Å²) in [6.45, 7) is 5.98. The van der Waals surface area contributed by atoms with E-state index in [4.69, 9.17) is 4.74 Å². The number of carbonyl (C=O) groups is 2. The van der Waals surface area contributed by atoms with Crippen LogP contribution in [0.4, 0.5) is 4.39 Å². The number of hydrogen-bond acceptors (Lipinski definition) is 3. The summed E-state index contributed by atoms with van der Waals surface area (Å²) >= 11 is 3.91. The summed E-state index contributed by atoms with van der Waals surface area (Å²) in [5.41, 5.74) is 0.224. The minimum absolute atomic E-state index is 0.000453. The molecule has 4 aliphatic rings. The third kappa shape index (κ3) is 2.49. The Hall–Kier alpha value is -0.970. The molecule has 3 nitrogen and oxygen atoms in total. The van der Waals surface area contributed by atoms with Crippen LogP contribution in [0.15, 0.2) is 23.8 Å². The maximum Gasteiger partial charge on any atom is 0.305 e. The lowest BCUT2D eigenvalue weighted by Gasteiger charge is -2.62. The second kappa shape index (κ2) is 6.27. The molecule has 0 saturated heterocycles. The van der Waals surface area contributed by atoms with Crippen molar-refractivity contribution in [1.82, 2.24) is 0 Å². The maximum atomic E-state index is 16.0. The molecule has 0 bridgehead atoms. The van der Waals surface area contributed by atoms with Crippen LogP contribution in [0.5, 0.6) is 0 Å². The van der Waals surface area contributed by atoms with Gasteiger partial charge in [-0.25, -0.2) is 4.39 Å². The fourth-order valence-corrected chi connectivity index (χ4v) is 7.63. The van der Waals surface area contributed by atoms with E-state index in [1.165, 1.54) is 0 Å². The van der Waals surface area contributed by atoms with E-state index in [0.29, 0.717) is 18.8 Å².